The summed E-state index contributed by atoms with van der Waals surface area (Å²) in [4.78, 5) is 20.1. The van der Waals surface area contributed by atoms with Crippen molar-refractivity contribution in [2.24, 2.45) is 4.99 Å². The molecule has 2 heterocycles. The highest BCUT2D eigenvalue weighted by Gasteiger charge is 2.21. The van der Waals surface area contributed by atoms with Gasteiger partial charge in [0.2, 0.25) is 5.91 Å². The Balaban J connectivity index is 0.00000341. The van der Waals surface area contributed by atoms with E-state index in [1.54, 1.807) is 32.6 Å². The number of nitrogens with one attached hydrogen (secondary N) is 2. The summed E-state index contributed by atoms with van der Waals surface area (Å²) in [7, 11) is 5.00. The first-order valence-electron chi connectivity index (χ1n) is 10.1. The summed E-state index contributed by atoms with van der Waals surface area (Å²) >= 11 is 1.79. The normalized spacial score (nSPS) is 13.1. The van der Waals surface area contributed by atoms with Crippen molar-refractivity contribution in [2.45, 2.75) is 25.8 Å². The number of methoxy groups -OCH3 is 2. The zero-order valence-corrected chi connectivity index (χ0v) is 21.4. The number of guanidine groups is 1. The molecule has 0 bridgehead atoms. The van der Waals surface area contributed by atoms with Gasteiger partial charge in [-0.3, -0.25) is 9.79 Å². The largest absolute Gasteiger partial charge is 0.493 e. The van der Waals surface area contributed by atoms with Crippen molar-refractivity contribution in [3.63, 3.8) is 0 Å². The van der Waals surface area contributed by atoms with E-state index in [0.29, 0.717) is 18.9 Å². The Kier molecular flexibility index (Phi) is 10.4. The van der Waals surface area contributed by atoms with Gasteiger partial charge in [0.05, 0.1) is 14.2 Å². The fraction of sp³-hybridized carbons (Fsp3) is 0.455. The highest BCUT2D eigenvalue weighted by Crippen LogP contribution is 2.27. The fourth-order valence-corrected chi connectivity index (χ4v) is 4.38. The lowest BCUT2D eigenvalue weighted by Crippen LogP contribution is -2.41. The molecule has 0 fully saturated rings. The number of halogens is 1. The maximum absolute atomic E-state index is 12.5. The molecule has 0 saturated heterocycles. The molecule has 0 radical (unpaired) electrons. The van der Waals surface area contributed by atoms with Crippen LogP contribution in [0.3, 0.4) is 0 Å². The molecule has 170 valence electrons. The van der Waals surface area contributed by atoms with Crippen LogP contribution in [-0.4, -0.2) is 57.7 Å². The van der Waals surface area contributed by atoms with E-state index >= 15 is 0 Å². The molecule has 1 aliphatic heterocycles. The summed E-state index contributed by atoms with van der Waals surface area (Å²) in [6.45, 7) is 2.82. The molecule has 2 aromatic rings. The van der Waals surface area contributed by atoms with Gasteiger partial charge in [0.15, 0.2) is 17.5 Å². The molecular formula is C22H31IN4O3S. The van der Waals surface area contributed by atoms with Gasteiger partial charge >= 0.3 is 0 Å². The molecule has 0 unspecified atom stereocenters. The molecule has 9 heteroatoms. The van der Waals surface area contributed by atoms with Crippen molar-refractivity contribution in [2.75, 3.05) is 40.9 Å². The molecule has 31 heavy (non-hydrogen) atoms. The number of carbonyl (C=O) groups is 1. The standard InChI is InChI=1S/C22H30N4O3S.HI/c1-23-22(24-10-6-16-4-5-18(28-2)19(14-16)29-3)25-11-7-21(27)26-12-8-20-17(15-26)9-13-30-20;/h4-5,9,13-14H,6-8,10-12,15H2,1-3H3,(H2,23,24,25);1H. The lowest BCUT2D eigenvalue weighted by molar-refractivity contribution is -0.131. The van der Waals surface area contributed by atoms with Gasteiger partial charge in [-0.15, -0.1) is 35.3 Å². The summed E-state index contributed by atoms with van der Waals surface area (Å²) in [5.74, 6) is 2.32. The minimum absolute atomic E-state index is 0. The molecule has 1 amide bonds. The third-order valence-electron chi connectivity index (χ3n) is 5.17. The minimum atomic E-state index is 0. The highest BCUT2D eigenvalue weighted by molar-refractivity contribution is 14.0. The molecule has 0 saturated carbocycles. The molecule has 1 aromatic heterocycles. The molecule has 2 N–H and O–H groups in total. The lowest BCUT2D eigenvalue weighted by Gasteiger charge is -2.27. The van der Waals surface area contributed by atoms with E-state index in [0.717, 1.165) is 49.5 Å². The van der Waals surface area contributed by atoms with E-state index in [4.69, 9.17) is 9.47 Å². The van der Waals surface area contributed by atoms with E-state index in [1.165, 1.54) is 10.4 Å². The summed E-state index contributed by atoms with van der Waals surface area (Å²) in [5, 5.41) is 8.63. The smallest absolute Gasteiger partial charge is 0.224 e. The van der Waals surface area contributed by atoms with Gasteiger partial charge in [-0.25, -0.2) is 0 Å². The van der Waals surface area contributed by atoms with Crippen LogP contribution in [-0.2, 0) is 24.2 Å². The van der Waals surface area contributed by atoms with Crippen LogP contribution in [0.5, 0.6) is 11.5 Å². The van der Waals surface area contributed by atoms with Crippen molar-refractivity contribution >= 4 is 47.2 Å². The Labute approximate surface area is 205 Å². The van der Waals surface area contributed by atoms with Gasteiger partial charge in [-0.05, 0) is 47.5 Å². The van der Waals surface area contributed by atoms with E-state index < -0.39 is 0 Å². The maximum atomic E-state index is 12.5. The van der Waals surface area contributed by atoms with Crippen LogP contribution in [0.15, 0.2) is 34.6 Å². The Morgan fingerprint density at radius 2 is 1.94 bits per heavy atom. The maximum Gasteiger partial charge on any atom is 0.224 e. The number of nitrogens with zero attached hydrogens (tertiary/aromatic N) is 2. The topological polar surface area (TPSA) is 75.2 Å². The minimum Gasteiger partial charge on any atom is -0.493 e. The van der Waals surface area contributed by atoms with Crippen molar-refractivity contribution < 1.29 is 14.3 Å². The third kappa shape index (κ3) is 6.99. The first-order chi connectivity index (χ1) is 14.6. The number of thiophene rings is 1. The number of benzene rings is 1. The van der Waals surface area contributed by atoms with Gasteiger partial charge in [0, 0.05) is 44.5 Å². The summed E-state index contributed by atoms with van der Waals surface area (Å²) in [6.07, 6.45) is 2.23. The Hall–Kier alpha value is -2.01. The van der Waals surface area contributed by atoms with E-state index in [1.807, 2.05) is 23.1 Å². The summed E-state index contributed by atoms with van der Waals surface area (Å²) in [6, 6.07) is 8.04. The molecule has 0 aliphatic carbocycles. The SMILES string of the molecule is CN=C(NCCC(=O)N1CCc2sccc2C1)NCCc1ccc(OC)c(OC)c1.I. The van der Waals surface area contributed by atoms with Gasteiger partial charge in [-0.1, -0.05) is 6.07 Å². The van der Waals surface area contributed by atoms with Gasteiger partial charge < -0.3 is 25.0 Å². The predicted molar refractivity (Wildman–Crippen MR) is 136 cm³/mol. The second-order valence-electron chi connectivity index (χ2n) is 7.05. The quantitative estimate of drug-likeness (QED) is 0.296. The zero-order chi connectivity index (χ0) is 21.3. The van der Waals surface area contributed by atoms with Crippen molar-refractivity contribution in [1.82, 2.24) is 15.5 Å². The molecule has 3 rings (SSSR count). The molecular weight excluding hydrogens is 527 g/mol. The van der Waals surface area contributed by atoms with Crippen LogP contribution in [0.1, 0.15) is 22.4 Å². The number of hydrogen-bond acceptors (Lipinski definition) is 5. The third-order valence-corrected chi connectivity index (χ3v) is 6.19. The van der Waals surface area contributed by atoms with Crippen LogP contribution in [0.4, 0.5) is 0 Å². The van der Waals surface area contributed by atoms with Crippen LogP contribution in [0.25, 0.3) is 0 Å². The van der Waals surface area contributed by atoms with E-state index in [2.05, 4.69) is 27.1 Å². The predicted octanol–water partition coefficient (Wildman–Crippen LogP) is 3.07. The van der Waals surface area contributed by atoms with Crippen molar-refractivity contribution in [1.29, 1.82) is 0 Å². The van der Waals surface area contributed by atoms with Gasteiger partial charge in [0.1, 0.15) is 0 Å². The Bertz CT molecular complexity index is 887. The average Bonchev–Trinajstić information content (AvgIpc) is 3.25. The summed E-state index contributed by atoms with van der Waals surface area (Å²) in [5.41, 5.74) is 2.43. The number of fused-ring (bicyclic) bond motifs is 1. The number of aliphatic imine (C=N–C) groups is 1. The lowest BCUT2D eigenvalue weighted by atomic mass is 10.1. The Morgan fingerprint density at radius 3 is 2.68 bits per heavy atom. The number of ether oxygens (including phenoxy) is 2. The number of amides is 1. The van der Waals surface area contributed by atoms with Crippen molar-refractivity contribution in [3.8, 4) is 11.5 Å². The molecule has 0 spiro atoms. The Morgan fingerprint density at radius 1 is 1.16 bits per heavy atom. The molecule has 1 aromatic carbocycles. The molecule has 7 nitrogen and oxygen atoms in total. The highest BCUT2D eigenvalue weighted by atomic mass is 127. The molecule has 0 atom stereocenters. The molecule has 1 aliphatic rings. The number of rotatable bonds is 8. The fourth-order valence-electron chi connectivity index (χ4n) is 3.49. The second kappa shape index (κ2) is 12.7. The number of carbonyl (C=O) groups excluding carboxylic acids is 1. The van der Waals surface area contributed by atoms with Gasteiger partial charge in [-0.2, -0.15) is 0 Å². The van der Waals surface area contributed by atoms with Gasteiger partial charge in [0.25, 0.3) is 0 Å². The van der Waals surface area contributed by atoms with E-state index in [-0.39, 0.29) is 29.9 Å². The van der Waals surface area contributed by atoms with Crippen LogP contribution >= 0.6 is 35.3 Å². The number of hydrogen-bond donors (Lipinski definition) is 2. The monoisotopic (exact) mass is 558 g/mol. The van der Waals surface area contributed by atoms with E-state index in [9.17, 15) is 4.79 Å². The van der Waals surface area contributed by atoms with Crippen LogP contribution in [0, 0.1) is 0 Å². The summed E-state index contributed by atoms with van der Waals surface area (Å²) < 4.78 is 10.6. The average molecular weight is 558 g/mol. The first kappa shape index (κ1) is 25.3. The second-order valence-corrected chi connectivity index (χ2v) is 8.05. The van der Waals surface area contributed by atoms with Crippen LogP contribution < -0.4 is 20.1 Å². The first-order valence-corrected chi connectivity index (χ1v) is 11.0. The van der Waals surface area contributed by atoms with Crippen molar-refractivity contribution in [3.05, 3.63) is 45.6 Å². The zero-order valence-electron chi connectivity index (χ0n) is 18.3. The van der Waals surface area contributed by atoms with Crippen LogP contribution in [0.2, 0.25) is 0 Å².